The van der Waals surface area contributed by atoms with Gasteiger partial charge in [-0.1, -0.05) is 114 Å². The van der Waals surface area contributed by atoms with Crippen LogP contribution in [-0.2, 0) is 0 Å². The summed E-state index contributed by atoms with van der Waals surface area (Å²) in [5.41, 5.74) is 9.67. The molecular formula is C40H44N2. The van der Waals surface area contributed by atoms with Crippen LogP contribution < -0.4 is 0 Å². The van der Waals surface area contributed by atoms with Crippen molar-refractivity contribution in [3.63, 3.8) is 0 Å². The van der Waals surface area contributed by atoms with E-state index in [4.69, 9.17) is 9.97 Å². The third-order valence-corrected chi connectivity index (χ3v) is 11.3. The van der Waals surface area contributed by atoms with Crippen LogP contribution in [0.4, 0.5) is 0 Å². The van der Waals surface area contributed by atoms with E-state index < -0.39 is 0 Å². The molecule has 5 aromatic rings. The molecule has 3 aromatic carbocycles. The first-order chi connectivity index (χ1) is 20.3. The molecule has 8 unspecified atom stereocenters. The molecule has 0 aliphatic heterocycles. The zero-order chi connectivity index (χ0) is 29.1. The lowest BCUT2D eigenvalue weighted by Gasteiger charge is -2.24. The number of aromatic nitrogens is 2. The third-order valence-electron chi connectivity index (χ3n) is 11.3. The number of hydrogen-bond donors (Lipinski definition) is 0. The molecule has 2 nitrogen and oxygen atoms in total. The molecule has 8 atom stereocenters. The van der Waals surface area contributed by atoms with Crippen molar-refractivity contribution in [3.05, 3.63) is 96.3 Å². The third kappa shape index (κ3) is 4.46. The zero-order valence-electron chi connectivity index (χ0n) is 26.0. The Morgan fingerprint density at radius 2 is 0.857 bits per heavy atom. The van der Waals surface area contributed by atoms with Crippen molar-refractivity contribution >= 4 is 21.8 Å². The first-order valence-electron chi connectivity index (χ1n) is 16.2. The molecule has 0 saturated heterocycles. The van der Waals surface area contributed by atoms with Crippen LogP contribution in [0.2, 0.25) is 0 Å². The van der Waals surface area contributed by atoms with Gasteiger partial charge in [-0.2, -0.15) is 0 Å². The highest BCUT2D eigenvalue weighted by Crippen LogP contribution is 2.50. The lowest BCUT2D eigenvalue weighted by atomic mass is 9.84. The van der Waals surface area contributed by atoms with Crippen LogP contribution in [0.1, 0.15) is 77.6 Å². The van der Waals surface area contributed by atoms with Gasteiger partial charge in [0.25, 0.3) is 0 Å². The lowest BCUT2D eigenvalue weighted by Crippen LogP contribution is -2.14. The maximum atomic E-state index is 5.60. The highest BCUT2D eigenvalue weighted by atomic mass is 14.8. The molecule has 2 heteroatoms. The molecule has 214 valence electrons. The highest BCUT2D eigenvalue weighted by Gasteiger charge is 2.39. The van der Waals surface area contributed by atoms with Gasteiger partial charge in [-0.15, -0.1) is 0 Å². The average Bonchev–Trinajstić information content (AvgIpc) is 3.42. The van der Waals surface area contributed by atoms with Crippen LogP contribution in [0.25, 0.3) is 44.1 Å². The van der Waals surface area contributed by atoms with Crippen molar-refractivity contribution in [2.75, 3.05) is 0 Å². The number of nitrogens with zero attached hydrogens (tertiary/aromatic N) is 2. The number of fused-ring (bicyclic) bond motifs is 3. The summed E-state index contributed by atoms with van der Waals surface area (Å²) >= 11 is 0. The number of benzene rings is 3. The fraction of sp³-hybridized carbons (Fsp3) is 0.400. The second-order valence-corrected chi connectivity index (χ2v) is 13.9. The van der Waals surface area contributed by atoms with Gasteiger partial charge in [-0.05, 0) is 82.7 Å². The van der Waals surface area contributed by atoms with Crippen LogP contribution in [0.15, 0.2) is 84.9 Å². The molecule has 0 N–H and O–H groups in total. The molecule has 0 amide bonds. The Kier molecular flexibility index (Phi) is 6.92. The summed E-state index contributed by atoms with van der Waals surface area (Å²) in [5.74, 6) is 4.76. The summed E-state index contributed by atoms with van der Waals surface area (Å²) in [6.45, 7) is 14.6. The standard InChI is InChI=1S/C40H44N2/c1-23-19-25(3)37(27(23)5)35-21-33(29-13-9-7-10-14-29)31-17-18-32-34(30-15-11-8-12-16-30)22-36(42-40(32)39(31)41-35)38-26(4)20-24(2)28(38)6/h7-18,21-28,37-38H,19-20H2,1-6H3. The number of rotatable bonds is 4. The van der Waals surface area contributed by atoms with Crippen molar-refractivity contribution in [2.24, 2.45) is 35.5 Å². The Bertz CT molecular complexity index is 1610. The van der Waals surface area contributed by atoms with Gasteiger partial charge in [0, 0.05) is 34.0 Å². The van der Waals surface area contributed by atoms with E-state index in [1.54, 1.807) is 0 Å². The molecule has 2 aliphatic rings. The quantitative estimate of drug-likeness (QED) is 0.207. The van der Waals surface area contributed by atoms with Gasteiger partial charge in [0.1, 0.15) is 0 Å². The largest absolute Gasteiger partial charge is 0.250 e. The van der Waals surface area contributed by atoms with Gasteiger partial charge in [0.2, 0.25) is 0 Å². The Balaban J connectivity index is 1.56. The molecule has 0 radical (unpaired) electrons. The van der Waals surface area contributed by atoms with Crippen molar-refractivity contribution < 1.29 is 0 Å². The highest BCUT2D eigenvalue weighted by molar-refractivity contribution is 6.12. The molecule has 2 aliphatic carbocycles. The minimum Gasteiger partial charge on any atom is -0.250 e. The second-order valence-electron chi connectivity index (χ2n) is 13.9. The van der Waals surface area contributed by atoms with Gasteiger partial charge in [-0.25, -0.2) is 0 Å². The van der Waals surface area contributed by atoms with Crippen molar-refractivity contribution in [2.45, 2.75) is 66.2 Å². The monoisotopic (exact) mass is 552 g/mol. The molecule has 0 spiro atoms. The normalized spacial score (nSPS) is 29.5. The predicted molar refractivity (Wildman–Crippen MR) is 178 cm³/mol. The summed E-state index contributed by atoms with van der Waals surface area (Å²) < 4.78 is 0. The minimum atomic E-state index is 0.453. The molecular weight excluding hydrogens is 508 g/mol. The van der Waals surface area contributed by atoms with Crippen molar-refractivity contribution in [1.82, 2.24) is 9.97 Å². The SMILES string of the molecule is CC1CC(C)C(c2cc(-c3ccccc3)c3ccc4c(-c5ccccc5)cc(C5C(C)CC(C)C5C)nc4c3n2)C1C. The summed E-state index contributed by atoms with van der Waals surface area (Å²) in [4.78, 5) is 11.2. The Labute approximate surface area is 251 Å². The average molecular weight is 553 g/mol. The van der Waals surface area contributed by atoms with E-state index in [-0.39, 0.29) is 0 Å². The zero-order valence-corrected chi connectivity index (χ0v) is 26.0. The molecule has 2 saturated carbocycles. The first-order valence-corrected chi connectivity index (χ1v) is 16.2. The fourth-order valence-corrected chi connectivity index (χ4v) is 8.83. The maximum Gasteiger partial charge on any atom is 0.0974 e. The predicted octanol–water partition coefficient (Wildman–Crippen LogP) is 10.9. The summed E-state index contributed by atoms with van der Waals surface area (Å²) in [5, 5.41) is 2.40. The van der Waals surface area contributed by atoms with Gasteiger partial charge in [-0.3, -0.25) is 9.97 Å². The molecule has 2 heterocycles. The molecule has 2 fully saturated rings. The van der Waals surface area contributed by atoms with E-state index in [0.717, 1.165) is 11.0 Å². The van der Waals surface area contributed by atoms with E-state index >= 15 is 0 Å². The Morgan fingerprint density at radius 1 is 0.476 bits per heavy atom. The van der Waals surface area contributed by atoms with Gasteiger partial charge in [0.05, 0.1) is 11.0 Å². The van der Waals surface area contributed by atoms with Crippen LogP contribution in [0, 0.1) is 35.5 Å². The summed E-state index contributed by atoms with van der Waals surface area (Å²) in [7, 11) is 0. The molecule has 2 aromatic heterocycles. The molecule has 7 rings (SSSR count). The van der Waals surface area contributed by atoms with Crippen molar-refractivity contribution in [3.8, 4) is 22.3 Å². The summed E-state index contributed by atoms with van der Waals surface area (Å²) in [6.07, 6.45) is 2.52. The fourth-order valence-electron chi connectivity index (χ4n) is 8.83. The second kappa shape index (κ2) is 10.6. The van der Waals surface area contributed by atoms with E-state index in [2.05, 4.69) is 126 Å². The topological polar surface area (TPSA) is 25.8 Å². The van der Waals surface area contributed by atoms with Crippen LogP contribution in [0.3, 0.4) is 0 Å². The Morgan fingerprint density at radius 3 is 1.19 bits per heavy atom. The van der Waals surface area contributed by atoms with Crippen molar-refractivity contribution in [1.29, 1.82) is 0 Å². The number of pyridine rings is 2. The van der Waals surface area contributed by atoms with Crippen LogP contribution >= 0.6 is 0 Å². The Hall–Kier alpha value is -3.52. The lowest BCUT2D eigenvalue weighted by molar-refractivity contribution is 0.407. The molecule has 0 bridgehead atoms. The van der Waals surface area contributed by atoms with Gasteiger partial charge >= 0.3 is 0 Å². The van der Waals surface area contributed by atoms with Gasteiger partial charge in [0.15, 0.2) is 0 Å². The van der Waals surface area contributed by atoms with Crippen LogP contribution in [-0.4, -0.2) is 9.97 Å². The van der Waals surface area contributed by atoms with Gasteiger partial charge < -0.3 is 0 Å². The smallest absolute Gasteiger partial charge is 0.0974 e. The van der Waals surface area contributed by atoms with E-state index in [0.29, 0.717) is 47.3 Å². The van der Waals surface area contributed by atoms with E-state index in [1.807, 2.05) is 0 Å². The first kappa shape index (κ1) is 27.3. The minimum absolute atomic E-state index is 0.453. The maximum absolute atomic E-state index is 5.60. The molecule has 42 heavy (non-hydrogen) atoms. The number of hydrogen-bond acceptors (Lipinski definition) is 2. The van der Waals surface area contributed by atoms with Crippen LogP contribution in [0.5, 0.6) is 0 Å². The summed E-state index contributed by atoms with van der Waals surface area (Å²) in [6, 6.07) is 31.2. The van der Waals surface area contributed by atoms with E-state index in [9.17, 15) is 0 Å². The van der Waals surface area contributed by atoms with E-state index in [1.165, 1.54) is 57.3 Å².